The van der Waals surface area contributed by atoms with Gasteiger partial charge in [-0.2, -0.15) is 5.26 Å². The van der Waals surface area contributed by atoms with Crippen molar-refractivity contribution in [1.82, 2.24) is 0 Å². The zero-order valence-corrected chi connectivity index (χ0v) is 12.4. The van der Waals surface area contributed by atoms with Crippen LogP contribution in [0.4, 0.5) is 0 Å². The molecule has 0 aromatic heterocycles. The van der Waals surface area contributed by atoms with Crippen LogP contribution in [0.5, 0.6) is 0 Å². The number of allylic oxidation sites excluding steroid dienone is 6. The summed E-state index contributed by atoms with van der Waals surface area (Å²) in [6, 6.07) is 18.6. The average Bonchev–Trinajstić information content (AvgIpc) is 2.55. The summed E-state index contributed by atoms with van der Waals surface area (Å²) >= 11 is 0. The molecule has 0 radical (unpaired) electrons. The fourth-order valence-electron chi connectivity index (χ4n) is 2.63. The van der Waals surface area contributed by atoms with Crippen LogP contribution in [0.2, 0.25) is 0 Å². The molecule has 1 heteroatoms. The molecule has 0 amide bonds. The number of hydrogen-bond acceptors (Lipinski definition) is 1. The van der Waals surface area contributed by atoms with Gasteiger partial charge in [-0.05, 0) is 53.3 Å². The largest absolute Gasteiger partial charge is 0.192 e. The average molecular weight is 283 g/mol. The van der Waals surface area contributed by atoms with Gasteiger partial charge >= 0.3 is 0 Å². The molecule has 1 aliphatic carbocycles. The van der Waals surface area contributed by atoms with Crippen molar-refractivity contribution in [3.8, 4) is 17.2 Å². The maximum absolute atomic E-state index is 9.34. The van der Waals surface area contributed by atoms with E-state index in [2.05, 4.69) is 54.6 Å². The normalized spacial score (nSPS) is 19.1. The van der Waals surface area contributed by atoms with Crippen molar-refractivity contribution in [3.63, 3.8) is 0 Å². The number of benzene rings is 2. The topological polar surface area (TPSA) is 23.8 Å². The van der Waals surface area contributed by atoms with E-state index >= 15 is 0 Å². The minimum Gasteiger partial charge on any atom is -0.192 e. The summed E-state index contributed by atoms with van der Waals surface area (Å²) in [5, 5.41) is 9.34. The van der Waals surface area contributed by atoms with Gasteiger partial charge in [0, 0.05) is 0 Å². The van der Waals surface area contributed by atoms with Crippen molar-refractivity contribution >= 4 is 5.57 Å². The van der Waals surface area contributed by atoms with Crippen LogP contribution in [0.3, 0.4) is 0 Å². The standard InChI is InChI=1S/C21H17N/c22-16-17-13-20(18-9-5-2-1-3-6-10-18)15-21(14-17)19-11-7-4-8-12-19/h1-5,7-8,10-15H,6,9H2/b3-1-,5-2-,18-10+. The molecule has 22 heavy (non-hydrogen) atoms. The Morgan fingerprint density at radius 1 is 0.818 bits per heavy atom. The molecule has 0 bridgehead atoms. The summed E-state index contributed by atoms with van der Waals surface area (Å²) in [7, 11) is 0. The lowest BCUT2D eigenvalue weighted by Crippen LogP contribution is -1.90. The van der Waals surface area contributed by atoms with Crippen LogP contribution >= 0.6 is 0 Å². The monoisotopic (exact) mass is 283 g/mol. The van der Waals surface area contributed by atoms with E-state index in [1.54, 1.807) is 0 Å². The van der Waals surface area contributed by atoms with Crippen LogP contribution in [0.1, 0.15) is 24.0 Å². The van der Waals surface area contributed by atoms with Crippen LogP contribution in [0, 0.1) is 11.3 Å². The Morgan fingerprint density at radius 3 is 2.41 bits per heavy atom. The first kappa shape index (κ1) is 14.1. The zero-order chi connectivity index (χ0) is 15.2. The fourth-order valence-corrected chi connectivity index (χ4v) is 2.63. The highest BCUT2D eigenvalue weighted by molar-refractivity contribution is 5.75. The molecular weight excluding hydrogens is 266 g/mol. The van der Waals surface area contributed by atoms with Gasteiger partial charge in [-0.15, -0.1) is 0 Å². The molecule has 106 valence electrons. The van der Waals surface area contributed by atoms with Crippen molar-refractivity contribution in [3.05, 3.63) is 90.0 Å². The first-order chi connectivity index (χ1) is 10.9. The lowest BCUT2D eigenvalue weighted by molar-refractivity contribution is 1.30. The van der Waals surface area contributed by atoms with E-state index in [1.165, 1.54) is 5.57 Å². The van der Waals surface area contributed by atoms with Gasteiger partial charge in [0.05, 0.1) is 11.6 Å². The molecule has 0 heterocycles. The third-order valence-electron chi connectivity index (χ3n) is 3.76. The van der Waals surface area contributed by atoms with E-state index in [9.17, 15) is 5.26 Å². The third-order valence-corrected chi connectivity index (χ3v) is 3.76. The Morgan fingerprint density at radius 2 is 1.59 bits per heavy atom. The molecule has 0 atom stereocenters. The number of nitrogens with zero attached hydrogens (tertiary/aromatic N) is 1. The Bertz CT molecular complexity index is 786. The summed E-state index contributed by atoms with van der Waals surface area (Å²) in [6.07, 6.45) is 12.5. The molecule has 0 unspecified atom stereocenters. The Kier molecular flexibility index (Phi) is 4.32. The summed E-state index contributed by atoms with van der Waals surface area (Å²) in [5.41, 5.74) is 5.35. The first-order valence-electron chi connectivity index (χ1n) is 7.48. The van der Waals surface area contributed by atoms with E-state index in [0.29, 0.717) is 5.56 Å². The fraction of sp³-hybridized carbons (Fsp3) is 0.0952. The minimum atomic E-state index is 0.707. The van der Waals surface area contributed by atoms with E-state index in [4.69, 9.17) is 0 Å². The lowest BCUT2D eigenvalue weighted by Gasteiger charge is -2.10. The second-order valence-electron chi connectivity index (χ2n) is 5.30. The predicted octanol–water partition coefficient (Wildman–Crippen LogP) is 5.51. The molecule has 1 aliphatic rings. The van der Waals surface area contributed by atoms with Gasteiger partial charge in [-0.25, -0.2) is 0 Å². The smallest absolute Gasteiger partial charge is 0.0992 e. The zero-order valence-electron chi connectivity index (χ0n) is 12.4. The second-order valence-corrected chi connectivity index (χ2v) is 5.30. The molecule has 1 nitrogen and oxygen atoms in total. The molecule has 2 aromatic carbocycles. The molecule has 0 N–H and O–H groups in total. The predicted molar refractivity (Wildman–Crippen MR) is 92.1 cm³/mol. The quantitative estimate of drug-likeness (QED) is 0.712. The van der Waals surface area contributed by atoms with E-state index in [0.717, 1.165) is 29.5 Å². The minimum absolute atomic E-state index is 0.707. The van der Waals surface area contributed by atoms with Crippen LogP contribution in [-0.2, 0) is 0 Å². The Balaban J connectivity index is 2.07. The molecule has 0 fully saturated rings. The Hall–Kier alpha value is -2.85. The molecule has 3 rings (SSSR count). The number of hydrogen-bond donors (Lipinski definition) is 0. The summed E-state index contributed by atoms with van der Waals surface area (Å²) in [6.45, 7) is 0. The second kappa shape index (κ2) is 6.74. The molecule has 2 aromatic rings. The highest BCUT2D eigenvalue weighted by Gasteiger charge is 2.07. The van der Waals surface area contributed by atoms with Gasteiger partial charge in [0.1, 0.15) is 0 Å². The van der Waals surface area contributed by atoms with Crippen molar-refractivity contribution in [1.29, 1.82) is 5.26 Å². The van der Waals surface area contributed by atoms with Gasteiger partial charge in [-0.3, -0.25) is 0 Å². The van der Waals surface area contributed by atoms with Crippen LogP contribution < -0.4 is 0 Å². The first-order valence-corrected chi connectivity index (χ1v) is 7.48. The van der Waals surface area contributed by atoms with Gasteiger partial charge in [0.2, 0.25) is 0 Å². The van der Waals surface area contributed by atoms with Crippen LogP contribution in [0.15, 0.2) is 78.9 Å². The molecule has 0 aliphatic heterocycles. The van der Waals surface area contributed by atoms with E-state index in [1.807, 2.05) is 30.3 Å². The summed E-state index contributed by atoms with van der Waals surface area (Å²) < 4.78 is 0. The van der Waals surface area contributed by atoms with Crippen molar-refractivity contribution in [2.24, 2.45) is 0 Å². The van der Waals surface area contributed by atoms with Crippen LogP contribution in [-0.4, -0.2) is 0 Å². The maximum atomic E-state index is 9.34. The molecule has 0 saturated carbocycles. The van der Waals surface area contributed by atoms with Crippen molar-refractivity contribution in [2.75, 3.05) is 0 Å². The maximum Gasteiger partial charge on any atom is 0.0992 e. The van der Waals surface area contributed by atoms with Gasteiger partial charge < -0.3 is 0 Å². The molecule has 0 saturated heterocycles. The third kappa shape index (κ3) is 3.24. The number of rotatable bonds is 2. The van der Waals surface area contributed by atoms with Gasteiger partial charge in [0.15, 0.2) is 0 Å². The van der Waals surface area contributed by atoms with Gasteiger partial charge in [-0.1, -0.05) is 60.7 Å². The van der Waals surface area contributed by atoms with Crippen molar-refractivity contribution in [2.45, 2.75) is 12.8 Å². The van der Waals surface area contributed by atoms with E-state index in [-0.39, 0.29) is 0 Å². The number of nitriles is 1. The molecular formula is C21H17N. The van der Waals surface area contributed by atoms with Gasteiger partial charge in [0.25, 0.3) is 0 Å². The van der Waals surface area contributed by atoms with Crippen LogP contribution in [0.25, 0.3) is 16.7 Å². The lowest BCUT2D eigenvalue weighted by atomic mass is 9.94. The highest BCUT2D eigenvalue weighted by atomic mass is 14.2. The SMILES string of the molecule is N#Cc1cc(/C2=C/C/C=C\C=C/C2)cc(-c2ccccc2)c1. The highest BCUT2D eigenvalue weighted by Crippen LogP contribution is 2.28. The Labute approximate surface area is 131 Å². The van der Waals surface area contributed by atoms with E-state index < -0.39 is 0 Å². The van der Waals surface area contributed by atoms with Crippen molar-refractivity contribution < 1.29 is 0 Å². The summed E-state index contributed by atoms with van der Waals surface area (Å²) in [4.78, 5) is 0. The molecule has 0 spiro atoms. The summed E-state index contributed by atoms with van der Waals surface area (Å²) in [5.74, 6) is 0.